The molecule has 0 aromatic carbocycles. The fourth-order valence-electron chi connectivity index (χ4n) is 1.30. The van der Waals surface area contributed by atoms with Crippen molar-refractivity contribution in [3.05, 3.63) is 22.8 Å². The summed E-state index contributed by atoms with van der Waals surface area (Å²) in [5.41, 5.74) is 5.92. The van der Waals surface area contributed by atoms with Gasteiger partial charge in [0.1, 0.15) is 5.82 Å². The molecule has 2 N–H and O–H groups in total. The van der Waals surface area contributed by atoms with Gasteiger partial charge in [-0.25, -0.2) is 4.98 Å². The Morgan fingerprint density at radius 1 is 1.53 bits per heavy atom. The van der Waals surface area contributed by atoms with Crippen molar-refractivity contribution in [2.45, 2.75) is 13.8 Å². The molecule has 0 radical (unpaired) electrons. The second-order valence-corrected chi connectivity index (χ2v) is 3.47. The molecular weight excluding hydrogens is 214 g/mol. The van der Waals surface area contributed by atoms with Crippen LogP contribution in [0.25, 0.3) is 0 Å². The average Bonchev–Trinajstić information content (AvgIpc) is 2.23. The van der Waals surface area contributed by atoms with Gasteiger partial charge < -0.3 is 10.6 Å². The normalized spacial score (nSPS) is 10.1. The van der Waals surface area contributed by atoms with E-state index < -0.39 is 0 Å². The van der Waals surface area contributed by atoms with Crippen molar-refractivity contribution in [3.8, 4) is 0 Å². The lowest BCUT2D eigenvalue weighted by Crippen LogP contribution is -2.30. The van der Waals surface area contributed by atoms with E-state index in [2.05, 4.69) is 4.98 Å². The van der Waals surface area contributed by atoms with E-state index in [1.54, 1.807) is 4.90 Å². The Balaban J connectivity index is 3.04. The Morgan fingerprint density at radius 3 is 2.67 bits per heavy atom. The summed E-state index contributed by atoms with van der Waals surface area (Å²) in [6.45, 7) is 5.13. The first-order valence-electron chi connectivity index (χ1n) is 4.80. The molecular formula is C10H14ClN3O. The summed E-state index contributed by atoms with van der Waals surface area (Å²) in [5, 5.41) is 0.334. The summed E-state index contributed by atoms with van der Waals surface area (Å²) in [6, 6.07) is 1.50. The van der Waals surface area contributed by atoms with Crippen LogP contribution in [-0.4, -0.2) is 28.9 Å². The van der Waals surface area contributed by atoms with Crippen LogP contribution < -0.4 is 5.73 Å². The van der Waals surface area contributed by atoms with Gasteiger partial charge >= 0.3 is 0 Å². The lowest BCUT2D eigenvalue weighted by Gasteiger charge is -2.19. The topological polar surface area (TPSA) is 59.2 Å². The molecule has 0 aliphatic heterocycles. The van der Waals surface area contributed by atoms with E-state index >= 15 is 0 Å². The number of anilines is 1. The number of aromatic nitrogens is 1. The minimum absolute atomic E-state index is 0.112. The maximum absolute atomic E-state index is 11.9. The van der Waals surface area contributed by atoms with E-state index in [0.29, 0.717) is 29.5 Å². The number of carbonyl (C=O) groups excluding carboxylic acids is 1. The third-order valence-corrected chi connectivity index (χ3v) is 2.46. The van der Waals surface area contributed by atoms with Crippen LogP contribution in [0.15, 0.2) is 12.3 Å². The van der Waals surface area contributed by atoms with E-state index in [1.807, 2.05) is 13.8 Å². The van der Waals surface area contributed by atoms with Gasteiger partial charge in [0.05, 0.1) is 10.6 Å². The standard InChI is InChI=1S/C10H14ClN3O/c1-3-14(4-2)10(15)7-5-9(12)13-6-8(7)11/h5-6H,3-4H2,1-2H3,(H2,12,13). The highest BCUT2D eigenvalue weighted by molar-refractivity contribution is 6.33. The van der Waals surface area contributed by atoms with E-state index in [-0.39, 0.29) is 5.91 Å². The minimum Gasteiger partial charge on any atom is -0.384 e. The molecule has 15 heavy (non-hydrogen) atoms. The van der Waals surface area contributed by atoms with Crippen molar-refractivity contribution in [2.24, 2.45) is 0 Å². The highest BCUT2D eigenvalue weighted by atomic mass is 35.5. The minimum atomic E-state index is -0.112. The van der Waals surface area contributed by atoms with Crippen LogP contribution in [0.4, 0.5) is 5.82 Å². The summed E-state index contributed by atoms with van der Waals surface area (Å²) in [7, 11) is 0. The number of amides is 1. The fraction of sp³-hybridized carbons (Fsp3) is 0.400. The van der Waals surface area contributed by atoms with Crippen LogP contribution in [0.5, 0.6) is 0 Å². The number of hydrogen-bond acceptors (Lipinski definition) is 3. The Labute approximate surface area is 94.0 Å². The SMILES string of the molecule is CCN(CC)C(=O)c1cc(N)ncc1Cl. The molecule has 0 saturated heterocycles. The largest absolute Gasteiger partial charge is 0.384 e. The van der Waals surface area contributed by atoms with Crippen molar-refractivity contribution in [1.82, 2.24) is 9.88 Å². The Morgan fingerprint density at radius 2 is 2.13 bits per heavy atom. The zero-order valence-corrected chi connectivity index (χ0v) is 9.58. The van der Waals surface area contributed by atoms with Gasteiger partial charge in [-0.05, 0) is 19.9 Å². The molecule has 0 spiro atoms. The molecule has 5 heteroatoms. The number of rotatable bonds is 3. The van der Waals surface area contributed by atoms with Crippen molar-refractivity contribution in [1.29, 1.82) is 0 Å². The highest BCUT2D eigenvalue weighted by Gasteiger charge is 2.16. The van der Waals surface area contributed by atoms with Crippen molar-refractivity contribution in [2.75, 3.05) is 18.8 Å². The van der Waals surface area contributed by atoms with Gasteiger partial charge in [0.2, 0.25) is 0 Å². The fourth-order valence-corrected chi connectivity index (χ4v) is 1.48. The third kappa shape index (κ3) is 2.59. The molecule has 1 aromatic rings. The van der Waals surface area contributed by atoms with Crippen LogP contribution in [0.3, 0.4) is 0 Å². The molecule has 0 aliphatic rings. The molecule has 1 aromatic heterocycles. The summed E-state index contributed by atoms with van der Waals surface area (Å²) in [6.07, 6.45) is 1.40. The van der Waals surface area contributed by atoms with E-state index in [0.717, 1.165) is 0 Å². The molecule has 0 atom stereocenters. The van der Waals surface area contributed by atoms with Crippen molar-refractivity contribution >= 4 is 23.3 Å². The van der Waals surface area contributed by atoms with Gasteiger partial charge in [0, 0.05) is 19.3 Å². The average molecular weight is 228 g/mol. The second kappa shape index (κ2) is 4.98. The number of nitrogen functional groups attached to an aromatic ring is 1. The predicted molar refractivity (Wildman–Crippen MR) is 60.9 cm³/mol. The zero-order valence-electron chi connectivity index (χ0n) is 8.83. The lowest BCUT2D eigenvalue weighted by atomic mass is 10.2. The first-order valence-corrected chi connectivity index (χ1v) is 5.18. The molecule has 1 rings (SSSR count). The van der Waals surface area contributed by atoms with Gasteiger partial charge in [0.15, 0.2) is 0 Å². The van der Waals surface area contributed by atoms with Crippen molar-refractivity contribution < 1.29 is 4.79 Å². The Bertz CT molecular complexity index is 364. The monoisotopic (exact) mass is 227 g/mol. The number of nitrogens with two attached hydrogens (primary N) is 1. The Kier molecular flexibility index (Phi) is 3.91. The first kappa shape index (κ1) is 11.8. The molecule has 4 nitrogen and oxygen atoms in total. The number of halogens is 1. The van der Waals surface area contributed by atoms with E-state index in [9.17, 15) is 4.79 Å². The number of nitrogens with zero attached hydrogens (tertiary/aromatic N) is 2. The first-order chi connectivity index (χ1) is 7.10. The highest BCUT2D eigenvalue weighted by Crippen LogP contribution is 2.18. The van der Waals surface area contributed by atoms with Crippen LogP contribution in [0.2, 0.25) is 5.02 Å². The van der Waals surface area contributed by atoms with E-state index in [1.165, 1.54) is 12.3 Å². The van der Waals surface area contributed by atoms with Gasteiger partial charge in [-0.2, -0.15) is 0 Å². The zero-order chi connectivity index (χ0) is 11.4. The van der Waals surface area contributed by atoms with Gasteiger partial charge in [-0.3, -0.25) is 4.79 Å². The summed E-state index contributed by atoms with van der Waals surface area (Å²) in [5.74, 6) is 0.189. The molecule has 0 unspecified atom stereocenters. The molecule has 0 aliphatic carbocycles. The van der Waals surface area contributed by atoms with Crippen LogP contribution in [0, 0.1) is 0 Å². The van der Waals surface area contributed by atoms with Gasteiger partial charge in [-0.15, -0.1) is 0 Å². The number of pyridine rings is 1. The van der Waals surface area contributed by atoms with Crippen LogP contribution in [-0.2, 0) is 0 Å². The Hall–Kier alpha value is -1.29. The lowest BCUT2D eigenvalue weighted by molar-refractivity contribution is 0.0773. The van der Waals surface area contributed by atoms with Gasteiger partial charge in [-0.1, -0.05) is 11.6 Å². The number of hydrogen-bond donors (Lipinski definition) is 1. The second-order valence-electron chi connectivity index (χ2n) is 3.07. The number of carbonyl (C=O) groups is 1. The predicted octanol–water partition coefficient (Wildman–Crippen LogP) is 1.80. The summed E-state index contributed by atoms with van der Waals surface area (Å²) < 4.78 is 0. The van der Waals surface area contributed by atoms with Gasteiger partial charge in [0.25, 0.3) is 5.91 Å². The quantitative estimate of drug-likeness (QED) is 0.857. The van der Waals surface area contributed by atoms with Crippen LogP contribution >= 0.6 is 11.6 Å². The smallest absolute Gasteiger partial charge is 0.255 e. The molecule has 0 fully saturated rings. The third-order valence-electron chi connectivity index (χ3n) is 2.16. The van der Waals surface area contributed by atoms with E-state index in [4.69, 9.17) is 17.3 Å². The molecule has 0 saturated carbocycles. The summed E-state index contributed by atoms with van der Waals surface area (Å²) in [4.78, 5) is 17.4. The molecule has 1 heterocycles. The molecule has 82 valence electrons. The van der Waals surface area contributed by atoms with Crippen LogP contribution in [0.1, 0.15) is 24.2 Å². The summed E-state index contributed by atoms with van der Waals surface area (Å²) >= 11 is 5.88. The van der Waals surface area contributed by atoms with Crippen molar-refractivity contribution in [3.63, 3.8) is 0 Å². The molecule has 0 bridgehead atoms. The maximum Gasteiger partial charge on any atom is 0.255 e. The molecule has 1 amide bonds. The maximum atomic E-state index is 11.9.